The molecule has 5 heteroatoms. The van der Waals surface area contributed by atoms with Gasteiger partial charge in [-0.15, -0.1) is 0 Å². The molecule has 2 rings (SSSR count). The molecular formula is C19H23NO3S. The molecule has 2 aromatic carbocycles. The SMILES string of the molecule is CC(=O)NCCCCCS(=O)(=O)c1ccc(-c2ccccc2)cc1. The molecule has 0 unspecified atom stereocenters. The Balaban J connectivity index is 1.89. The topological polar surface area (TPSA) is 63.2 Å². The van der Waals surface area contributed by atoms with Crippen molar-refractivity contribution in [3.63, 3.8) is 0 Å². The summed E-state index contributed by atoms with van der Waals surface area (Å²) in [7, 11) is -3.25. The molecule has 0 bridgehead atoms. The van der Waals surface area contributed by atoms with Gasteiger partial charge in [-0.2, -0.15) is 0 Å². The molecule has 0 aliphatic heterocycles. The molecule has 2 aromatic rings. The zero-order chi connectivity index (χ0) is 17.4. The minimum atomic E-state index is -3.25. The van der Waals surface area contributed by atoms with E-state index >= 15 is 0 Å². The molecular weight excluding hydrogens is 322 g/mol. The van der Waals surface area contributed by atoms with Crippen molar-refractivity contribution in [3.05, 3.63) is 54.6 Å². The van der Waals surface area contributed by atoms with Crippen LogP contribution in [0.5, 0.6) is 0 Å². The quantitative estimate of drug-likeness (QED) is 0.746. The lowest BCUT2D eigenvalue weighted by Gasteiger charge is -2.07. The second kappa shape index (κ2) is 8.64. The van der Waals surface area contributed by atoms with Gasteiger partial charge in [-0.05, 0) is 36.1 Å². The van der Waals surface area contributed by atoms with Gasteiger partial charge in [0.25, 0.3) is 0 Å². The standard InChI is InChI=1S/C19H23NO3S/c1-16(21)20-14-6-3-7-15-24(22,23)19-12-10-18(11-13-19)17-8-4-2-5-9-17/h2,4-5,8-13H,3,6-7,14-15H2,1H3,(H,20,21). The molecule has 0 radical (unpaired) electrons. The highest BCUT2D eigenvalue weighted by molar-refractivity contribution is 7.91. The summed E-state index contributed by atoms with van der Waals surface area (Å²) in [5.74, 6) is 0.0822. The molecule has 0 fully saturated rings. The number of amides is 1. The van der Waals surface area contributed by atoms with Crippen molar-refractivity contribution in [3.8, 4) is 11.1 Å². The smallest absolute Gasteiger partial charge is 0.216 e. The lowest BCUT2D eigenvalue weighted by atomic mass is 10.1. The molecule has 0 saturated heterocycles. The van der Waals surface area contributed by atoms with Gasteiger partial charge in [0.2, 0.25) is 5.91 Å². The van der Waals surface area contributed by atoms with Crippen LogP contribution in [0.1, 0.15) is 26.2 Å². The van der Waals surface area contributed by atoms with Gasteiger partial charge >= 0.3 is 0 Å². The summed E-state index contributed by atoms with van der Waals surface area (Å²) in [5.41, 5.74) is 2.07. The molecule has 0 saturated carbocycles. The van der Waals surface area contributed by atoms with Crippen molar-refractivity contribution < 1.29 is 13.2 Å². The van der Waals surface area contributed by atoms with E-state index in [1.165, 1.54) is 6.92 Å². The van der Waals surface area contributed by atoms with E-state index in [9.17, 15) is 13.2 Å². The average molecular weight is 345 g/mol. The molecule has 4 nitrogen and oxygen atoms in total. The first-order valence-electron chi connectivity index (χ1n) is 8.12. The summed E-state index contributed by atoms with van der Waals surface area (Å²) >= 11 is 0. The fourth-order valence-corrected chi connectivity index (χ4v) is 3.83. The van der Waals surface area contributed by atoms with E-state index in [4.69, 9.17) is 0 Å². The summed E-state index contributed by atoms with van der Waals surface area (Å²) in [5, 5.41) is 2.71. The van der Waals surface area contributed by atoms with Crippen LogP contribution >= 0.6 is 0 Å². The Labute approximate surface area is 143 Å². The molecule has 1 N–H and O–H groups in total. The van der Waals surface area contributed by atoms with Crippen LogP contribution in [0.4, 0.5) is 0 Å². The van der Waals surface area contributed by atoms with Crippen LogP contribution < -0.4 is 5.32 Å². The third-order valence-electron chi connectivity index (χ3n) is 3.78. The van der Waals surface area contributed by atoms with Crippen LogP contribution in [-0.4, -0.2) is 26.6 Å². The highest BCUT2D eigenvalue weighted by Crippen LogP contribution is 2.22. The Hall–Kier alpha value is -2.14. The first kappa shape index (κ1) is 18.2. The number of carbonyl (C=O) groups is 1. The number of rotatable bonds is 8. The van der Waals surface area contributed by atoms with Crippen LogP contribution in [0.3, 0.4) is 0 Å². The van der Waals surface area contributed by atoms with Gasteiger partial charge in [-0.1, -0.05) is 48.9 Å². The van der Waals surface area contributed by atoms with E-state index in [0.717, 1.165) is 24.0 Å². The van der Waals surface area contributed by atoms with Crippen molar-refractivity contribution >= 4 is 15.7 Å². The number of hydrogen-bond donors (Lipinski definition) is 1. The molecule has 0 atom stereocenters. The Bertz CT molecular complexity index is 753. The van der Waals surface area contributed by atoms with Gasteiger partial charge in [-0.3, -0.25) is 4.79 Å². The molecule has 128 valence electrons. The van der Waals surface area contributed by atoms with Gasteiger partial charge in [-0.25, -0.2) is 8.42 Å². The van der Waals surface area contributed by atoms with Crippen molar-refractivity contribution in [1.29, 1.82) is 0 Å². The Morgan fingerprint density at radius 1 is 0.875 bits per heavy atom. The van der Waals surface area contributed by atoms with E-state index < -0.39 is 9.84 Å². The lowest BCUT2D eigenvalue weighted by molar-refractivity contribution is -0.118. The molecule has 0 aliphatic rings. The first-order chi connectivity index (χ1) is 11.5. The van der Waals surface area contributed by atoms with Crippen molar-refractivity contribution in [2.75, 3.05) is 12.3 Å². The summed E-state index contributed by atoms with van der Waals surface area (Å²) < 4.78 is 24.7. The van der Waals surface area contributed by atoms with Crippen LogP contribution in [0.25, 0.3) is 11.1 Å². The van der Waals surface area contributed by atoms with Crippen LogP contribution in [0, 0.1) is 0 Å². The van der Waals surface area contributed by atoms with Gasteiger partial charge in [0.15, 0.2) is 9.84 Å². The van der Waals surface area contributed by atoms with Crippen LogP contribution in [0.2, 0.25) is 0 Å². The third kappa shape index (κ3) is 5.49. The number of hydrogen-bond acceptors (Lipinski definition) is 3. The first-order valence-corrected chi connectivity index (χ1v) is 9.77. The van der Waals surface area contributed by atoms with E-state index in [-0.39, 0.29) is 11.7 Å². The van der Waals surface area contributed by atoms with Crippen molar-refractivity contribution in [1.82, 2.24) is 5.32 Å². The molecule has 1 amide bonds. The number of benzene rings is 2. The highest BCUT2D eigenvalue weighted by atomic mass is 32.2. The molecule has 0 heterocycles. The van der Waals surface area contributed by atoms with E-state index in [0.29, 0.717) is 17.9 Å². The second-order valence-corrected chi connectivity index (χ2v) is 7.86. The van der Waals surface area contributed by atoms with Crippen molar-refractivity contribution in [2.45, 2.75) is 31.1 Å². The molecule has 0 aliphatic carbocycles. The summed E-state index contributed by atoms with van der Waals surface area (Å²) in [6.45, 7) is 2.07. The molecule has 24 heavy (non-hydrogen) atoms. The van der Waals surface area contributed by atoms with Crippen molar-refractivity contribution in [2.24, 2.45) is 0 Å². The third-order valence-corrected chi connectivity index (χ3v) is 5.60. The minimum absolute atomic E-state index is 0.0545. The number of sulfone groups is 1. The van der Waals surface area contributed by atoms with E-state index in [1.807, 2.05) is 42.5 Å². The average Bonchev–Trinajstić information content (AvgIpc) is 2.58. The molecule has 0 spiro atoms. The fourth-order valence-electron chi connectivity index (χ4n) is 2.46. The predicted octanol–water partition coefficient (Wildman–Crippen LogP) is 3.43. The summed E-state index contributed by atoms with van der Waals surface area (Å²) in [6.07, 6.45) is 2.17. The van der Waals surface area contributed by atoms with Gasteiger partial charge in [0.1, 0.15) is 0 Å². The summed E-state index contributed by atoms with van der Waals surface area (Å²) in [6, 6.07) is 16.9. The maximum absolute atomic E-state index is 12.4. The number of unbranched alkanes of at least 4 members (excludes halogenated alkanes) is 2. The number of carbonyl (C=O) groups excluding carboxylic acids is 1. The maximum Gasteiger partial charge on any atom is 0.216 e. The zero-order valence-corrected chi connectivity index (χ0v) is 14.7. The van der Waals surface area contributed by atoms with Crippen LogP contribution in [0.15, 0.2) is 59.5 Å². The van der Waals surface area contributed by atoms with E-state index in [1.54, 1.807) is 12.1 Å². The van der Waals surface area contributed by atoms with Gasteiger partial charge < -0.3 is 5.32 Å². The Kier molecular flexibility index (Phi) is 6.55. The van der Waals surface area contributed by atoms with Crippen LogP contribution in [-0.2, 0) is 14.6 Å². The lowest BCUT2D eigenvalue weighted by Crippen LogP contribution is -2.20. The maximum atomic E-state index is 12.4. The summed E-state index contributed by atoms with van der Waals surface area (Å²) in [4.78, 5) is 11.1. The Morgan fingerprint density at radius 3 is 2.12 bits per heavy atom. The zero-order valence-electron chi connectivity index (χ0n) is 13.9. The monoisotopic (exact) mass is 345 g/mol. The van der Waals surface area contributed by atoms with Gasteiger partial charge in [0, 0.05) is 13.5 Å². The normalized spacial score (nSPS) is 11.2. The second-order valence-electron chi connectivity index (χ2n) is 5.75. The van der Waals surface area contributed by atoms with E-state index in [2.05, 4.69) is 5.32 Å². The largest absolute Gasteiger partial charge is 0.356 e. The highest BCUT2D eigenvalue weighted by Gasteiger charge is 2.13. The minimum Gasteiger partial charge on any atom is -0.356 e. The number of nitrogens with one attached hydrogen (secondary N) is 1. The van der Waals surface area contributed by atoms with Gasteiger partial charge in [0.05, 0.1) is 10.6 Å². The molecule has 0 aromatic heterocycles. The Morgan fingerprint density at radius 2 is 1.50 bits per heavy atom. The predicted molar refractivity (Wildman–Crippen MR) is 96.5 cm³/mol. The fraction of sp³-hybridized carbons (Fsp3) is 0.316.